The van der Waals surface area contributed by atoms with Gasteiger partial charge in [0, 0.05) is 25.3 Å². The van der Waals surface area contributed by atoms with Crippen molar-refractivity contribution in [3.8, 4) is 0 Å². The van der Waals surface area contributed by atoms with Gasteiger partial charge in [-0.25, -0.2) is 8.42 Å². The van der Waals surface area contributed by atoms with E-state index in [4.69, 9.17) is 0 Å². The zero-order valence-corrected chi connectivity index (χ0v) is 18.8. The molecule has 0 radical (unpaired) electrons. The van der Waals surface area contributed by atoms with E-state index in [1.165, 1.54) is 4.31 Å². The van der Waals surface area contributed by atoms with Gasteiger partial charge in [-0.05, 0) is 63.3 Å². The molecule has 1 aliphatic heterocycles. The summed E-state index contributed by atoms with van der Waals surface area (Å²) < 4.78 is 28.1. The summed E-state index contributed by atoms with van der Waals surface area (Å²) in [6, 6.07) is 13.0. The standard InChI is InChI=1S/C23H31N3O3S/c1-17-15-18(2)22(19(3)16-17)30(28,29)26-14-7-11-21(26)23(27)25-13-8-12-24-20-9-5-4-6-10-20/h4-6,9-10,15-16,21,24H,7-8,11-14H2,1-3H3,(H,25,27). The summed E-state index contributed by atoms with van der Waals surface area (Å²) in [4.78, 5) is 13.1. The molecule has 30 heavy (non-hydrogen) atoms. The molecule has 0 saturated carbocycles. The average Bonchev–Trinajstić information content (AvgIpc) is 3.18. The lowest BCUT2D eigenvalue weighted by molar-refractivity contribution is -0.124. The van der Waals surface area contributed by atoms with Gasteiger partial charge in [0.15, 0.2) is 0 Å². The average molecular weight is 430 g/mol. The summed E-state index contributed by atoms with van der Waals surface area (Å²) in [6.07, 6.45) is 2.00. The third kappa shape index (κ3) is 5.02. The number of aryl methyl sites for hydroxylation is 3. The largest absolute Gasteiger partial charge is 0.385 e. The van der Waals surface area contributed by atoms with Crippen LogP contribution in [0.4, 0.5) is 5.69 Å². The first-order valence-corrected chi connectivity index (χ1v) is 11.9. The second-order valence-corrected chi connectivity index (χ2v) is 9.77. The monoisotopic (exact) mass is 429 g/mol. The zero-order chi connectivity index (χ0) is 21.7. The van der Waals surface area contributed by atoms with Gasteiger partial charge < -0.3 is 10.6 Å². The van der Waals surface area contributed by atoms with E-state index < -0.39 is 16.1 Å². The van der Waals surface area contributed by atoms with Crippen LogP contribution in [0.25, 0.3) is 0 Å². The summed E-state index contributed by atoms with van der Waals surface area (Å²) in [5.74, 6) is -0.210. The molecule has 0 aliphatic carbocycles. The van der Waals surface area contributed by atoms with E-state index in [1.54, 1.807) is 0 Å². The highest BCUT2D eigenvalue weighted by Crippen LogP contribution is 2.30. The number of sulfonamides is 1. The van der Waals surface area contributed by atoms with Gasteiger partial charge in [-0.1, -0.05) is 35.9 Å². The molecule has 0 spiro atoms. The Kier molecular flexibility index (Phi) is 7.15. The van der Waals surface area contributed by atoms with Gasteiger partial charge in [-0.3, -0.25) is 4.79 Å². The molecular formula is C23H31N3O3S. The Morgan fingerprint density at radius 1 is 1.07 bits per heavy atom. The fourth-order valence-corrected chi connectivity index (χ4v) is 6.26. The van der Waals surface area contributed by atoms with E-state index in [0.717, 1.165) is 35.3 Å². The topological polar surface area (TPSA) is 78.5 Å². The predicted molar refractivity (Wildman–Crippen MR) is 120 cm³/mol. The van der Waals surface area contributed by atoms with Gasteiger partial charge in [-0.2, -0.15) is 4.31 Å². The minimum atomic E-state index is -3.72. The van der Waals surface area contributed by atoms with Crippen molar-refractivity contribution in [1.29, 1.82) is 0 Å². The molecule has 1 amide bonds. The SMILES string of the molecule is Cc1cc(C)c(S(=O)(=O)N2CCCC2C(=O)NCCCNc2ccccc2)c(C)c1. The van der Waals surface area contributed by atoms with Crippen LogP contribution in [-0.2, 0) is 14.8 Å². The molecule has 7 heteroatoms. The maximum atomic E-state index is 13.4. The number of para-hydroxylation sites is 1. The van der Waals surface area contributed by atoms with Gasteiger partial charge >= 0.3 is 0 Å². The number of nitrogens with zero attached hydrogens (tertiary/aromatic N) is 1. The van der Waals surface area contributed by atoms with Crippen molar-refractivity contribution >= 4 is 21.6 Å². The van der Waals surface area contributed by atoms with E-state index in [1.807, 2.05) is 63.2 Å². The van der Waals surface area contributed by atoms with Crippen LogP contribution >= 0.6 is 0 Å². The first-order valence-electron chi connectivity index (χ1n) is 10.5. The minimum absolute atomic E-state index is 0.210. The van der Waals surface area contributed by atoms with E-state index >= 15 is 0 Å². The van der Waals surface area contributed by atoms with E-state index in [0.29, 0.717) is 30.8 Å². The number of hydrogen-bond donors (Lipinski definition) is 2. The van der Waals surface area contributed by atoms with Crippen LogP contribution in [0, 0.1) is 20.8 Å². The Bertz CT molecular complexity index is 967. The summed E-state index contributed by atoms with van der Waals surface area (Å²) in [5, 5.41) is 6.22. The van der Waals surface area contributed by atoms with Crippen molar-refractivity contribution in [2.75, 3.05) is 25.0 Å². The summed E-state index contributed by atoms with van der Waals surface area (Å²) in [7, 11) is -3.72. The second-order valence-electron chi connectivity index (χ2n) is 7.94. The number of nitrogens with one attached hydrogen (secondary N) is 2. The molecule has 2 N–H and O–H groups in total. The van der Waals surface area contributed by atoms with Crippen LogP contribution in [-0.4, -0.2) is 44.3 Å². The van der Waals surface area contributed by atoms with Crippen LogP contribution in [0.5, 0.6) is 0 Å². The van der Waals surface area contributed by atoms with Crippen LogP contribution in [0.1, 0.15) is 36.0 Å². The number of carbonyl (C=O) groups is 1. The molecular weight excluding hydrogens is 398 g/mol. The molecule has 1 atom stereocenters. The Labute approximate surface area is 179 Å². The third-order valence-corrected chi connectivity index (χ3v) is 7.65. The molecule has 2 aromatic carbocycles. The number of carbonyl (C=O) groups excluding carboxylic acids is 1. The lowest BCUT2D eigenvalue weighted by Crippen LogP contribution is -2.46. The van der Waals surface area contributed by atoms with Crippen molar-refractivity contribution in [3.63, 3.8) is 0 Å². The lowest BCUT2D eigenvalue weighted by Gasteiger charge is -2.25. The number of anilines is 1. The summed E-state index contributed by atoms with van der Waals surface area (Å²) in [5.41, 5.74) is 3.53. The predicted octanol–water partition coefficient (Wildman–Crippen LogP) is 3.38. The minimum Gasteiger partial charge on any atom is -0.385 e. The molecule has 162 valence electrons. The quantitative estimate of drug-likeness (QED) is 0.631. The maximum Gasteiger partial charge on any atom is 0.244 e. The highest BCUT2D eigenvalue weighted by atomic mass is 32.2. The van der Waals surface area contributed by atoms with Gasteiger partial charge in [0.25, 0.3) is 0 Å². The number of amides is 1. The third-order valence-electron chi connectivity index (χ3n) is 5.43. The summed E-state index contributed by atoms with van der Waals surface area (Å²) in [6.45, 7) is 7.21. The molecule has 1 heterocycles. The van der Waals surface area contributed by atoms with Gasteiger partial charge in [0.1, 0.15) is 6.04 Å². The van der Waals surface area contributed by atoms with Gasteiger partial charge in [-0.15, -0.1) is 0 Å². The first kappa shape index (κ1) is 22.3. The molecule has 1 unspecified atom stereocenters. The molecule has 1 aliphatic rings. The Balaban J connectivity index is 1.60. The van der Waals surface area contributed by atoms with Crippen LogP contribution in [0.3, 0.4) is 0 Å². The van der Waals surface area contributed by atoms with E-state index in [2.05, 4.69) is 10.6 Å². The van der Waals surface area contributed by atoms with Crippen molar-refractivity contribution in [2.45, 2.75) is 51.0 Å². The lowest BCUT2D eigenvalue weighted by atomic mass is 10.1. The first-order chi connectivity index (χ1) is 14.3. The fourth-order valence-electron chi connectivity index (χ4n) is 4.19. The molecule has 1 fully saturated rings. The normalized spacial score (nSPS) is 17.1. The molecule has 6 nitrogen and oxygen atoms in total. The van der Waals surface area contributed by atoms with Crippen molar-refractivity contribution in [1.82, 2.24) is 9.62 Å². The van der Waals surface area contributed by atoms with Crippen LogP contribution in [0.2, 0.25) is 0 Å². The molecule has 0 bridgehead atoms. The van der Waals surface area contributed by atoms with Gasteiger partial charge in [0.05, 0.1) is 4.90 Å². The Morgan fingerprint density at radius 2 is 1.73 bits per heavy atom. The smallest absolute Gasteiger partial charge is 0.244 e. The number of hydrogen-bond acceptors (Lipinski definition) is 4. The van der Waals surface area contributed by atoms with Crippen molar-refractivity contribution in [3.05, 3.63) is 59.2 Å². The molecule has 2 aromatic rings. The van der Waals surface area contributed by atoms with Crippen molar-refractivity contribution in [2.24, 2.45) is 0 Å². The van der Waals surface area contributed by atoms with E-state index in [-0.39, 0.29) is 5.91 Å². The van der Waals surface area contributed by atoms with Crippen LogP contribution < -0.4 is 10.6 Å². The fraction of sp³-hybridized carbons (Fsp3) is 0.435. The van der Waals surface area contributed by atoms with Crippen LogP contribution in [0.15, 0.2) is 47.4 Å². The number of rotatable bonds is 8. The summed E-state index contributed by atoms with van der Waals surface area (Å²) >= 11 is 0. The van der Waals surface area contributed by atoms with E-state index in [9.17, 15) is 13.2 Å². The zero-order valence-electron chi connectivity index (χ0n) is 17.9. The molecule has 3 rings (SSSR count). The highest BCUT2D eigenvalue weighted by Gasteiger charge is 2.40. The Morgan fingerprint density at radius 3 is 2.40 bits per heavy atom. The second kappa shape index (κ2) is 9.62. The highest BCUT2D eigenvalue weighted by molar-refractivity contribution is 7.89. The molecule has 1 saturated heterocycles. The maximum absolute atomic E-state index is 13.4. The Hall–Kier alpha value is -2.38. The van der Waals surface area contributed by atoms with Crippen molar-refractivity contribution < 1.29 is 13.2 Å². The number of benzene rings is 2. The van der Waals surface area contributed by atoms with Gasteiger partial charge in [0.2, 0.25) is 15.9 Å². The molecule has 0 aromatic heterocycles.